The summed E-state index contributed by atoms with van der Waals surface area (Å²) in [6.07, 6.45) is 4.82. The number of carbonyl (C=O) groups excluding carboxylic acids is 1. The van der Waals surface area contributed by atoms with Crippen LogP contribution in [0.15, 0.2) is 53.3 Å². The third kappa shape index (κ3) is 4.00. The Morgan fingerprint density at radius 2 is 1.93 bits per heavy atom. The summed E-state index contributed by atoms with van der Waals surface area (Å²) in [5, 5.41) is 4.10. The second kappa shape index (κ2) is 8.16. The Balaban J connectivity index is 1.30. The van der Waals surface area contributed by atoms with Gasteiger partial charge in [-0.3, -0.25) is 9.78 Å². The molecule has 0 saturated carbocycles. The molecule has 3 heterocycles. The van der Waals surface area contributed by atoms with E-state index in [0.29, 0.717) is 24.8 Å². The van der Waals surface area contributed by atoms with Crippen molar-refractivity contribution in [2.24, 2.45) is 0 Å². The Kier molecular flexibility index (Phi) is 5.27. The lowest BCUT2D eigenvalue weighted by Crippen LogP contribution is -2.40. The number of nitrogens with zero attached hydrogens (tertiary/aromatic N) is 4. The molecule has 0 spiro atoms. The molecule has 7 nitrogen and oxygen atoms in total. The van der Waals surface area contributed by atoms with Crippen LogP contribution in [0.2, 0.25) is 0 Å². The number of piperidine rings is 1. The molecule has 28 heavy (non-hydrogen) atoms. The monoisotopic (exact) mass is 382 g/mol. The highest BCUT2D eigenvalue weighted by atomic mass is 19.1. The molecule has 0 atom stereocenters. The molecule has 4 rings (SSSR count). The molecule has 0 unspecified atom stereocenters. The number of ether oxygens (including phenoxy) is 1. The number of hydrogen-bond donors (Lipinski definition) is 0. The predicted molar refractivity (Wildman–Crippen MR) is 98.0 cm³/mol. The molecule has 1 amide bonds. The van der Waals surface area contributed by atoms with Crippen molar-refractivity contribution in [3.63, 3.8) is 0 Å². The zero-order valence-electron chi connectivity index (χ0n) is 15.1. The molecule has 0 radical (unpaired) electrons. The van der Waals surface area contributed by atoms with Crippen LogP contribution in [-0.4, -0.2) is 45.6 Å². The maximum atomic E-state index is 13.6. The van der Waals surface area contributed by atoms with Gasteiger partial charge in [-0.15, -0.1) is 0 Å². The fourth-order valence-corrected chi connectivity index (χ4v) is 3.19. The van der Waals surface area contributed by atoms with Gasteiger partial charge in [0.25, 0.3) is 11.8 Å². The first-order chi connectivity index (χ1) is 13.7. The second-order valence-corrected chi connectivity index (χ2v) is 6.57. The summed E-state index contributed by atoms with van der Waals surface area (Å²) in [5.41, 5.74) is 0.826. The van der Waals surface area contributed by atoms with E-state index in [-0.39, 0.29) is 24.2 Å². The van der Waals surface area contributed by atoms with Crippen LogP contribution in [0.1, 0.15) is 24.6 Å². The largest absolute Gasteiger partial charge is 0.481 e. The third-order valence-electron chi connectivity index (χ3n) is 4.77. The van der Waals surface area contributed by atoms with Crippen LogP contribution in [0, 0.1) is 5.82 Å². The van der Waals surface area contributed by atoms with Crippen LogP contribution >= 0.6 is 0 Å². The Morgan fingerprint density at radius 3 is 2.68 bits per heavy atom. The zero-order chi connectivity index (χ0) is 19.3. The van der Waals surface area contributed by atoms with Gasteiger partial charge in [0.05, 0.1) is 0 Å². The molecule has 1 aliphatic rings. The van der Waals surface area contributed by atoms with E-state index in [2.05, 4.69) is 15.1 Å². The zero-order valence-corrected chi connectivity index (χ0v) is 15.1. The fourth-order valence-electron chi connectivity index (χ4n) is 3.19. The first-order valence-electron chi connectivity index (χ1n) is 9.10. The lowest BCUT2D eigenvalue weighted by atomic mass is 9.96. The second-order valence-electron chi connectivity index (χ2n) is 6.57. The van der Waals surface area contributed by atoms with Gasteiger partial charge >= 0.3 is 0 Å². The SMILES string of the molecule is O=C(COc1ccccc1F)N1CCC(c2noc(-c3ccncc3)n2)CC1. The number of amides is 1. The van der Waals surface area contributed by atoms with Crippen LogP contribution < -0.4 is 4.74 Å². The summed E-state index contributed by atoms with van der Waals surface area (Å²) in [4.78, 5) is 22.5. The van der Waals surface area contributed by atoms with Gasteiger partial charge in [-0.1, -0.05) is 17.3 Å². The van der Waals surface area contributed by atoms with Gasteiger partial charge in [0.15, 0.2) is 24.0 Å². The molecule has 144 valence electrons. The lowest BCUT2D eigenvalue weighted by molar-refractivity contribution is -0.134. The van der Waals surface area contributed by atoms with E-state index in [1.807, 2.05) is 12.1 Å². The van der Waals surface area contributed by atoms with Crippen LogP contribution in [0.5, 0.6) is 5.75 Å². The maximum Gasteiger partial charge on any atom is 0.260 e. The van der Waals surface area contributed by atoms with E-state index >= 15 is 0 Å². The molecular formula is C20H19FN4O3. The van der Waals surface area contributed by atoms with Crippen LogP contribution in [0.3, 0.4) is 0 Å². The average Bonchev–Trinajstić information content (AvgIpc) is 3.24. The van der Waals surface area contributed by atoms with Crippen molar-refractivity contribution >= 4 is 5.91 Å². The Morgan fingerprint density at radius 1 is 1.18 bits per heavy atom. The molecule has 1 aliphatic heterocycles. The summed E-state index contributed by atoms with van der Waals surface area (Å²) in [6.45, 7) is 0.965. The van der Waals surface area contributed by atoms with E-state index in [4.69, 9.17) is 9.26 Å². The maximum absolute atomic E-state index is 13.6. The molecule has 1 aromatic carbocycles. The predicted octanol–water partition coefficient (Wildman–Crippen LogP) is 3.06. The van der Waals surface area contributed by atoms with Gasteiger partial charge < -0.3 is 14.2 Å². The van der Waals surface area contributed by atoms with Gasteiger partial charge in [-0.2, -0.15) is 4.98 Å². The number of halogens is 1. The van der Waals surface area contributed by atoms with Crippen molar-refractivity contribution in [2.45, 2.75) is 18.8 Å². The quantitative estimate of drug-likeness (QED) is 0.675. The average molecular weight is 382 g/mol. The normalized spacial score (nSPS) is 14.8. The number of pyridine rings is 1. The molecule has 2 aromatic heterocycles. The van der Waals surface area contributed by atoms with Crippen molar-refractivity contribution in [3.8, 4) is 17.2 Å². The van der Waals surface area contributed by atoms with Crippen molar-refractivity contribution in [1.82, 2.24) is 20.0 Å². The van der Waals surface area contributed by atoms with Gasteiger partial charge in [0, 0.05) is 37.0 Å². The van der Waals surface area contributed by atoms with Crippen molar-refractivity contribution in [1.29, 1.82) is 0 Å². The molecule has 0 aliphatic carbocycles. The molecule has 1 saturated heterocycles. The van der Waals surface area contributed by atoms with E-state index in [1.165, 1.54) is 12.1 Å². The van der Waals surface area contributed by atoms with Crippen LogP contribution in [0.4, 0.5) is 4.39 Å². The van der Waals surface area contributed by atoms with Gasteiger partial charge in [-0.25, -0.2) is 4.39 Å². The number of benzene rings is 1. The highest BCUT2D eigenvalue weighted by Crippen LogP contribution is 2.28. The lowest BCUT2D eigenvalue weighted by Gasteiger charge is -2.30. The van der Waals surface area contributed by atoms with E-state index in [9.17, 15) is 9.18 Å². The number of hydrogen-bond acceptors (Lipinski definition) is 6. The van der Waals surface area contributed by atoms with E-state index in [0.717, 1.165) is 18.4 Å². The van der Waals surface area contributed by atoms with Gasteiger partial charge in [-0.05, 0) is 37.1 Å². The number of carbonyl (C=O) groups is 1. The van der Waals surface area contributed by atoms with E-state index in [1.54, 1.807) is 29.4 Å². The van der Waals surface area contributed by atoms with Crippen molar-refractivity contribution in [2.75, 3.05) is 19.7 Å². The number of aromatic nitrogens is 3. The van der Waals surface area contributed by atoms with Crippen LogP contribution in [-0.2, 0) is 4.79 Å². The van der Waals surface area contributed by atoms with Crippen molar-refractivity contribution in [3.05, 3.63) is 60.4 Å². The standard InChI is InChI=1S/C20H19FN4O3/c21-16-3-1-2-4-17(16)27-13-18(26)25-11-7-14(8-12-25)19-23-20(28-24-19)15-5-9-22-10-6-15/h1-6,9-10,14H,7-8,11-13H2. The topological polar surface area (TPSA) is 81.4 Å². The number of rotatable bonds is 5. The van der Waals surface area contributed by atoms with Gasteiger partial charge in [0.1, 0.15) is 0 Å². The minimum Gasteiger partial charge on any atom is -0.481 e. The molecular weight excluding hydrogens is 363 g/mol. The Bertz CT molecular complexity index is 939. The summed E-state index contributed by atoms with van der Waals surface area (Å²) >= 11 is 0. The Labute approximate surface area is 161 Å². The molecule has 1 fully saturated rings. The highest BCUT2D eigenvalue weighted by molar-refractivity contribution is 5.77. The Hall–Kier alpha value is -3.29. The highest BCUT2D eigenvalue weighted by Gasteiger charge is 2.27. The van der Waals surface area contributed by atoms with Gasteiger partial charge in [0.2, 0.25) is 0 Å². The summed E-state index contributed by atoms with van der Waals surface area (Å²) in [6, 6.07) is 9.68. The van der Waals surface area contributed by atoms with Crippen molar-refractivity contribution < 1.29 is 18.4 Å². The minimum absolute atomic E-state index is 0.0844. The summed E-state index contributed by atoms with van der Waals surface area (Å²) in [7, 11) is 0. The first-order valence-corrected chi connectivity index (χ1v) is 9.10. The fraction of sp³-hybridized carbons (Fsp3) is 0.300. The van der Waals surface area contributed by atoms with Crippen LogP contribution in [0.25, 0.3) is 11.5 Å². The number of para-hydroxylation sites is 1. The molecule has 0 bridgehead atoms. The third-order valence-corrected chi connectivity index (χ3v) is 4.77. The summed E-state index contributed by atoms with van der Waals surface area (Å²) in [5.74, 6) is 0.705. The summed E-state index contributed by atoms with van der Waals surface area (Å²) < 4.78 is 24.2. The number of likely N-dealkylation sites (tertiary alicyclic amines) is 1. The van der Waals surface area contributed by atoms with E-state index < -0.39 is 5.82 Å². The first kappa shape index (κ1) is 18.1. The minimum atomic E-state index is -0.476. The molecule has 3 aromatic rings. The smallest absolute Gasteiger partial charge is 0.260 e. The molecule has 0 N–H and O–H groups in total. The molecule has 8 heteroatoms.